The second kappa shape index (κ2) is 5.60. The van der Waals surface area contributed by atoms with Crippen LogP contribution in [0.25, 0.3) is 0 Å². The summed E-state index contributed by atoms with van der Waals surface area (Å²) in [5, 5.41) is 0. The van der Waals surface area contributed by atoms with Crippen LogP contribution in [-0.2, 0) is 6.54 Å². The zero-order chi connectivity index (χ0) is 13.0. The molecule has 0 aliphatic heterocycles. The number of aromatic nitrogens is 2. The van der Waals surface area contributed by atoms with Gasteiger partial charge in [-0.15, -0.1) is 0 Å². The second-order valence-corrected chi connectivity index (χ2v) is 4.11. The van der Waals surface area contributed by atoms with Gasteiger partial charge in [-0.25, -0.2) is 4.98 Å². The summed E-state index contributed by atoms with van der Waals surface area (Å²) in [5.74, 6) is 0.841. The van der Waals surface area contributed by atoms with Crippen molar-refractivity contribution >= 4 is 11.5 Å². The van der Waals surface area contributed by atoms with Gasteiger partial charge in [0.25, 0.3) is 0 Å². The number of nitrogens with zero attached hydrogens (tertiary/aromatic N) is 3. The van der Waals surface area contributed by atoms with Gasteiger partial charge in [-0.1, -0.05) is 12.1 Å². The van der Waals surface area contributed by atoms with Gasteiger partial charge in [0.15, 0.2) is 5.82 Å². The molecule has 18 heavy (non-hydrogen) atoms. The van der Waals surface area contributed by atoms with Gasteiger partial charge in [-0.05, 0) is 31.5 Å². The van der Waals surface area contributed by atoms with Crippen molar-refractivity contribution in [1.29, 1.82) is 0 Å². The number of rotatable bonds is 4. The highest BCUT2D eigenvalue weighted by molar-refractivity contribution is 5.62. The summed E-state index contributed by atoms with van der Waals surface area (Å²) >= 11 is 0. The fraction of sp³-hybridized carbons (Fsp3) is 0.286. The van der Waals surface area contributed by atoms with E-state index in [1.165, 1.54) is 5.56 Å². The number of benzene rings is 1. The maximum Gasteiger partial charge on any atom is 0.156 e. The highest BCUT2D eigenvalue weighted by atomic mass is 15.2. The van der Waals surface area contributed by atoms with Crippen LogP contribution in [0.4, 0.5) is 11.5 Å². The molecule has 0 bridgehead atoms. The molecular formula is C14H18N4. The number of nitrogens with two attached hydrogens (primary N) is 1. The molecule has 0 unspecified atom stereocenters. The van der Waals surface area contributed by atoms with Crippen LogP contribution < -0.4 is 10.6 Å². The molecule has 0 aliphatic rings. The minimum absolute atomic E-state index is 0.394. The minimum Gasteiger partial charge on any atom is -0.325 e. The van der Waals surface area contributed by atoms with E-state index in [9.17, 15) is 0 Å². The summed E-state index contributed by atoms with van der Waals surface area (Å²) in [4.78, 5) is 10.8. The molecule has 4 nitrogen and oxygen atoms in total. The summed E-state index contributed by atoms with van der Waals surface area (Å²) in [6.07, 6.45) is 3.38. The summed E-state index contributed by atoms with van der Waals surface area (Å²) < 4.78 is 0. The van der Waals surface area contributed by atoms with E-state index >= 15 is 0 Å². The number of hydrogen-bond acceptors (Lipinski definition) is 4. The zero-order valence-electron chi connectivity index (χ0n) is 10.8. The Morgan fingerprint density at radius 3 is 2.67 bits per heavy atom. The van der Waals surface area contributed by atoms with Crippen molar-refractivity contribution in [3.8, 4) is 0 Å². The predicted molar refractivity (Wildman–Crippen MR) is 73.8 cm³/mol. The largest absolute Gasteiger partial charge is 0.325 e. The topological polar surface area (TPSA) is 55.0 Å². The predicted octanol–water partition coefficient (Wildman–Crippen LogP) is 2.40. The van der Waals surface area contributed by atoms with Crippen LogP contribution in [0.2, 0.25) is 0 Å². The maximum atomic E-state index is 5.72. The third kappa shape index (κ3) is 2.49. The van der Waals surface area contributed by atoms with Gasteiger partial charge in [0, 0.05) is 31.2 Å². The molecule has 2 N–H and O–H groups in total. The molecule has 2 aromatic rings. The van der Waals surface area contributed by atoms with Crippen LogP contribution in [-0.4, -0.2) is 16.5 Å². The number of hydrogen-bond donors (Lipinski definition) is 1. The zero-order valence-corrected chi connectivity index (χ0v) is 10.8. The Balaban J connectivity index is 2.45. The quantitative estimate of drug-likeness (QED) is 0.894. The van der Waals surface area contributed by atoms with Gasteiger partial charge < -0.3 is 10.6 Å². The van der Waals surface area contributed by atoms with Crippen LogP contribution in [0.15, 0.2) is 36.7 Å². The van der Waals surface area contributed by atoms with E-state index in [2.05, 4.69) is 46.9 Å². The SMILES string of the molecule is CCN(c1cccc(C)c1)c1nccnc1CN. The monoisotopic (exact) mass is 242 g/mol. The molecule has 0 atom stereocenters. The van der Waals surface area contributed by atoms with Gasteiger partial charge >= 0.3 is 0 Å². The van der Waals surface area contributed by atoms with E-state index in [0.717, 1.165) is 23.7 Å². The molecule has 4 heteroatoms. The van der Waals surface area contributed by atoms with E-state index in [1.807, 2.05) is 6.07 Å². The molecule has 0 fully saturated rings. The molecule has 94 valence electrons. The minimum atomic E-state index is 0.394. The molecule has 0 spiro atoms. The van der Waals surface area contributed by atoms with Crippen LogP contribution >= 0.6 is 0 Å². The van der Waals surface area contributed by atoms with Crippen molar-refractivity contribution in [2.24, 2.45) is 5.73 Å². The van der Waals surface area contributed by atoms with Crippen LogP contribution in [0.3, 0.4) is 0 Å². The van der Waals surface area contributed by atoms with Gasteiger partial charge in [0.1, 0.15) is 0 Å². The van der Waals surface area contributed by atoms with Crippen molar-refractivity contribution in [2.75, 3.05) is 11.4 Å². The molecule has 0 aliphatic carbocycles. The Kier molecular flexibility index (Phi) is 3.89. The fourth-order valence-corrected chi connectivity index (χ4v) is 1.98. The summed E-state index contributed by atoms with van der Waals surface area (Å²) in [5.41, 5.74) is 8.89. The molecule has 0 radical (unpaired) electrons. The van der Waals surface area contributed by atoms with E-state index in [0.29, 0.717) is 6.54 Å². The lowest BCUT2D eigenvalue weighted by atomic mass is 10.2. The Hall–Kier alpha value is -1.94. The first kappa shape index (κ1) is 12.5. The Labute approximate surface area is 107 Å². The smallest absolute Gasteiger partial charge is 0.156 e. The summed E-state index contributed by atoms with van der Waals surface area (Å²) in [6, 6.07) is 8.34. The van der Waals surface area contributed by atoms with Crippen molar-refractivity contribution in [2.45, 2.75) is 20.4 Å². The lowest BCUT2D eigenvalue weighted by Gasteiger charge is -2.23. The molecule has 2 rings (SSSR count). The van der Waals surface area contributed by atoms with Crippen molar-refractivity contribution in [1.82, 2.24) is 9.97 Å². The average Bonchev–Trinajstić information content (AvgIpc) is 2.40. The normalized spacial score (nSPS) is 10.4. The number of anilines is 2. The van der Waals surface area contributed by atoms with Crippen LogP contribution in [0.5, 0.6) is 0 Å². The molecule has 0 saturated carbocycles. The first-order valence-electron chi connectivity index (χ1n) is 6.10. The van der Waals surface area contributed by atoms with Crippen LogP contribution in [0, 0.1) is 6.92 Å². The number of aryl methyl sites for hydroxylation is 1. The van der Waals surface area contributed by atoms with E-state index < -0.39 is 0 Å². The molecule has 0 amide bonds. The maximum absolute atomic E-state index is 5.72. The second-order valence-electron chi connectivity index (χ2n) is 4.11. The highest BCUT2D eigenvalue weighted by Crippen LogP contribution is 2.25. The van der Waals surface area contributed by atoms with E-state index in [1.54, 1.807) is 12.4 Å². The van der Waals surface area contributed by atoms with Gasteiger partial charge in [-0.3, -0.25) is 4.98 Å². The van der Waals surface area contributed by atoms with Gasteiger partial charge in [-0.2, -0.15) is 0 Å². The van der Waals surface area contributed by atoms with Gasteiger partial charge in [0.2, 0.25) is 0 Å². The molecule has 1 aromatic heterocycles. The summed E-state index contributed by atoms with van der Waals surface area (Å²) in [7, 11) is 0. The molecule has 1 heterocycles. The molecular weight excluding hydrogens is 224 g/mol. The van der Waals surface area contributed by atoms with Gasteiger partial charge in [0.05, 0.1) is 5.69 Å². The Morgan fingerprint density at radius 2 is 2.00 bits per heavy atom. The summed E-state index contributed by atoms with van der Waals surface area (Å²) in [6.45, 7) is 5.40. The van der Waals surface area contributed by atoms with Crippen molar-refractivity contribution in [3.05, 3.63) is 47.9 Å². The Bertz CT molecular complexity index is 525. The van der Waals surface area contributed by atoms with E-state index in [-0.39, 0.29) is 0 Å². The third-order valence-electron chi connectivity index (χ3n) is 2.83. The van der Waals surface area contributed by atoms with Crippen molar-refractivity contribution < 1.29 is 0 Å². The first-order valence-corrected chi connectivity index (χ1v) is 6.10. The van der Waals surface area contributed by atoms with Crippen LogP contribution in [0.1, 0.15) is 18.2 Å². The van der Waals surface area contributed by atoms with Crippen molar-refractivity contribution in [3.63, 3.8) is 0 Å². The lowest BCUT2D eigenvalue weighted by molar-refractivity contribution is 0.905. The standard InChI is InChI=1S/C14H18N4/c1-3-18(12-6-4-5-11(2)9-12)14-13(10-15)16-7-8-17-14/h4-9H,3,10,15H2,1-2H3. The lowest BCUT2D eigenvalue weighted by Crippen LogP contribution is -2.20. The highest BCUT2D eigenvalue weighted by Gasteiger charge is 2.13. The average molecular weight is 242 g/mol. The molecule has 1 aromatic carbocycles. The Morgan fingerprint density at radius 1 is 1.22 bits per heavy atom. The third-order valence-corrected chi connectivity index (χ3v) is 2.83. The fourth-order valence-electron chi connectivity index (χ4n) is 1.98. The van der Waals surface area contributed by atoms with E-state index in [4.69, 9.17) is 5.73 Å². The first-order chi connectivity index (χ1) is 8.76. The molecule has 0 saturated heterocycles.